The molecule has 9 aromatic rings. The Morgan fingerprint density at radius 3 is 1.11 bits per heavy atom. The number of hydrogen-bond donors (Lipinski definition) is 0. The largest absolute Gasteiger partial charge is 0.311 e. The molecule has 0 radical (unpaired) electrons. The van der Waals surface area contributed by atoms with Crippen LogP contribution >= 0.6 is 0 Å². The van der Waals surface area contributed by atoms with Crippen molar-refractivity contribution in [3.63, 3.8) is 0 Å². The summed E-state index contributed by atoms with van der Waals surface area (Å²) in [6, 6.07) is 77.9. The van der Waals surface area contributed by atoms with Gasteiger partial charge >= 0.3 is 0 Å². The van der Waals surface area contributed by atoms with E-state index in [1.54, 1.807) is 0 Å². The molecule has 0 bridgehead atoms. The van der Waals surface area contributed by atoms with E-state index in [0.717, 1.165) is 45.3 Å². The minimum Gasteiger partial charge on any atom is -0.311 e. The van der Waals surface area contributed by atoms with Gasteiger partial charge in [0.05, 0.1) is 11.4 Å². The van der Waals surface area contributed by atoms with Gasteiger partial charge in [-0.15, -0.1) is 0 Å². The van der Waals surface area contributed by atoms with Crippen LogP contribution in [0.1, 0.15) is 11.1 Å². The Hall–Kier alpha value is -7.16. The molecular formula is C52H38N2. The Bertz CT molecular complexity index is 2550. The van der Waals surface area contributed by atoms with E-state index in [4.69, 9.17) is 0 Å². The summed E-state index contributed by atoms with van der Waals surface area (Å²) < 4.78 is 0. The smallest absolute Gasteiger partial charge is 0.0540 e. The summed E-state index contributed by atoms with van der Waals surface area (Å²) in [6.45, 7) is 0. The van der Waals surface area contributed by atoms with Gasteiger partial charge in [0.2, 0.25) is 0 Å². The van der Waals surface area contributed by atoms with E-state index in [1.807, 2.05) is 0 Å². The van der Waals surface area contributed by atoms with E-state index in [0.29, 0.717) is 0 Å². The average Bonchev–Trinajstić information content (AvgIpc) is 3.25. The molecule has 9 aromatic carbocycles. The number of rotatable bonds is 9. The molecule has 54 heavy (non-hydrogen) atoms. The summed E-state index contributed by atoms with van der Waals surface area (Å²) in [7, 11) is 0. The highest BCUT2D eigenvalue weighted by molar-refractivity contribution is 6.04. The van der Waals surface area contributed by atoms with Crippen LogP contribution in [0, 0.1) is 0 Å². The minimum atomic E-state index is 1.12. The van der Waals surface area contributed by atoms with E-state index in [9.17, 15) is 0 Å². The van der Waals surface area contributed by atoms with Crippen molar-refractivity contribution in [2.45, 2.75) is 0 Å². The molecule has 2 nitrogen and oxygen atoms in total. The first-order chi connectivity index (χ1) is 26.8. The first-order valence-electron chi connectivity index (χ1n) is 18.4. The lowest BCUT2D eigenvalue weighted by Crippen LogP contribution is -2.11. The summed E-state index contributed by atoms with van der Waals surface area (Å²) in [5, 5.41) is 4.89. The Morgan fingerprint density at radius 2 is 0.611 bits per heavy atom. The maximum atomic E-state index is 2.39. The third-order valence-electron chi connectivity index (χ3n) is 10.0. The molecule has 0 unspecified atom stereocenters. The van der Waals surface area contributed by atoms with E-state index >= 15 is 0 Å². The monoisotopic (exact) mass is 690 g/mol. The number of para-hydroxylation sites is 2. The van der Waals surface area contributed by atoms with Gasteiger partial charge in [0.1, 0.15) is 0 Å². The molecule has 0 aliphatic heterocycles. The number of nitrogens with zero attached hydrogens (tertiary/aromatic N) is 2. The molecule has 0 N–H and O–H groups in total. The van der Waals surface area contributed by atoms with E-state index in [1.165, 1.54) is 32.7 Å². The van der Waals surface area contributed by atoms with Crippen molar-refractivity contribution in [3.05, 3.63) is 230 Å². The van der Waals surface area contributed by atoms with Gasteiger partial charge in [-0.1, -0.05) is 170 Å². The van der Waals surface area contributed by atoms with Crippen molar-refractivity contribution < 1.29 is 0 Å². The molecule has 0 aromatic heterocycles. The second-order valence-corrected chi connectivity index (χ2v) is 13.4. The standard InChI is InChI=1S/C52H38N2/c1-3-17-45(18-4-1)53(46-19-5-2-6-20-46)47-37-33-42(34-38-47)41-31-27-39(28-32-41)25-26-40-29-35-48(36-30-40)54(51-23-11-15-43-13-7-9-21-49(43)51)52-24-12-16-44-14-8-10-22-50(44)52/h1-38H. The SMILES string of the molecule is C(=Cc1ccc(N(c2cccc3ccccc23)c2cccc3ccccc23)cc1)c1ccc(-c2ccc(N(c3ccccc3)c3ccccc3)cc2)cc1. The van der Waals surface area contributed by atoms with Crippen LogP contribution in [-0.4, -0.2) is 0 Å². The second kappa shape index (κ2) is 14.8. The topological polar surface area (TPSA) is 6.48 Å². The molecule has 0 fully saturated rings. The van der Waals surface area contributed by atoms with Crippen molar-refractivity contribution >= 4 is 67.8 Å². The Balaban J connectivity index is 0.963. The molecular weight excluding hydrogens is 653 g/mol. The van der Waals surface area contributed by atoms with E-state index in [-0.39, 0.29) is 0 Å². The van der Waals surface area contributed by atoms with Crippen LogP contribution in [-0.2, 0) is 0 Å². The van der Waals surface area contributed by atoms with Gasteiger partial charge < -0.3 is 9.80 Å². The van der Waals surface area contributed by atoms with Gasteiger partial charge in [0, 0.05) is 33.5 Å². The Kier molecular flexibility index (Phi) is 8.99. The zero-order chi connectivity index (χ0) is 36.1. The predicted molar refractivity (Wildman–Crippen MR) is 232 cm³/mol. The summed E-state index contributed by atoms with van der Waals surface area (Å²) in [5.41, 5.74) is 11.5. The first kappa shape index (κ1) is 32.7. The van der Waals surface area contributed by atoms with Crippen LogP contribution in [0.2, 0.25) is 0 Å². The van der Waals surface area contributed by atoms with Crippen molar-refractivity contribution in [2.24, 2.45) is 0 Å². The van der Waals surface area contributed by atoms with Crippen LogP contribution in [0.15, 0.2) is 218 Å². The predicted octanol–water partition coefficient (Wildman–Crippen LogP) is 14.8. The number of anilines is 6. The Labute approximate surface area is 317 Å². The van der Waals surface area contributed by atoms with Crippen LogP contribution in [0.4, 0.5) is 34.1 Å². The van der Waals surface area contributed by atoms with E-state index < -0.39 is 0 Å². The zero-order valence-electron chi connectivity index (χ0n) is 29.8. The third-order valence-corrected chi connectivity index (χ3v) is 10.0. The molecule has 0 atom stereocenters. The summed E-state index contributed by atoms with van der Waals surface area (Å²) in [4.78, 5) is 4.68. The van der Waals surface area contributed by atoms with Crippen LogP contribution in [0.3, 0.4) is 0 Å². The number of hydrogen-bond acceptors (Lipinski definition) is 2. The molecule has 9 rings (SSSR count). The fourth-order valence-corrected chi connectivity index (χ4v) is 7.33. The summed E-state index contributed by atoms with van der Waals surface area (Å²) >= 11 is 0. The minimum absolute atomic E-state index is 1.12. The molecule has 0 aliphatic rings. The van der Waals surface area contributed by atoms with Crippen molar-refractivity contribution in [1.29, 1.82) is 0 Å². The van der Waals surface area contributed by atoms with Gasteiger partial charge in [-0.25, -0.2) is 0 Å². The molecule has 0 heterocycles. The second-order valence-electron chi connectivity index (χ2n) is 13.4. The average molecular weight is 691 g/mol. The quantitative estimate of drug-likeness (QED) is 0.139. The fraction of sp³-hybridized carbons (Fsp3) is 0. The van der Waals surface area contributed by atoms with Crippen molar-refractivity contribution in [1.82, 2.24) is 0 Å². The van der Waals surface area contributed by atoms with Crippen molar-refractivity contribution in [2.75, 3.05) is 9.80 Å². The van der Waals surface area contributed by atoms with Gasteiger partial charge in [-0.05, 0) is 93.7 Å². The van der Waals surface area contributed by atoms with Crippen LogP contribution in [0.25, 0.3) is 44.8 Å². The zero-order valence-corrected chi connectivity index (χ0v) is 29.8. The maximum absolute atomic E-state index is 2.39. The van der Waals surface area contributed by atoms with E-state index in [2.05, 4.69) is 240 Å². The molecule has 0 spiro atoms. The normalized spacial score (nSPS) is 11.3. The van der Waals surface area contributed by atoms with Gasteiger partial charge in [0.15, 0.2) is 0 Å². The number of fused-ring (bicyclic) bond motifs is 2. The maximum Gasteiger partial charge on any atom is 0.0540 e. The Morgan fingerprint density at radius 1 is 0.259 bits per heavy atom. The highest BCUT2D eigenvalue weighted by Crippen LogP contribution is 2.42. The molecule has 0 aliphatic carbocycles. The molecule has 0 saturated heterocycles. The van der Waals surface area contributed by atoms with Gasteiger partial charge in [0.25, 0.3) is 0 Å². The molecule has 0 saturated carbocycles. The first-order valence-corrected chi connectivity index (χ1v) is 18.4. The summed E-state index contributed by atoms with van der Waals surface area (Å²) in [5.74, 6) is 0. The van der Waals surface area contributed by atoms with Crippen LogP contribution < -0.4 is 9.80 Å². The number of benzene rings is 9. The lowest BCUT2D eigenvalue weighted by atomic mass is 10.0. The van der Waals surface area contributed by atoms with Crippen LogP contribution in [0.5, 0.6) is 0 Å². The molecule has 256 valence electrons. The highest BCUT2D eigenvalue weighted by atomic mass is 15.1. The van der Waals surface area contributed by atoms with Crippen molar-refractivity contribution in [3.8, 4) is 11.1 Å². The lowest BCUT2D eigenvalue weighted by molar-refractivity contribution is 1.28. The third kappa shape index (κ3) is 6.65. The summed E-state index contributed by atoms with van der Waals surface area (Å²) in [6.07, 6.45) is 4.38. The highest BCUT2D eigenvalue weighted by Gasteiger charge is 2.17. The van der Waals surface area contributed by atoms with Gasteiger partial charge in [-0.2, -0.15) is 0 Å². The fourth-order valence-electron chi connectivity index (χ4n) is 7.33. The van der Waals surface area contributed by atoms with Gasteiger partial charge in [-0.3, -0.25) is 0 Å². The molecule has 0 amide bonds. The lowest BCUT2D eigenvalue weighted by Gasteiger charge is -2.28. The molecule has 2 heteroatoms.